The van der Waals surface area contributed by atoms with Crippen LogP contribution in [-0.2, 0) is 16.8 Å². The molecule has 0 saturated carbocycles. The van der Waals surface area contributed by atoms with Crippen molar-refractivity contribution in [3.8, 4) is 0 Å². The third-order valence-electron chi connectivity index (χ3n) is 2.80. The first-order valence-corrected chi connectivity index (χ1v) is 5.27. The SMILES string of the molecule is CCc1nc(C(C)(CC)OC)oc1C(=O)O. The molecule has 0 amide bonds. The van der Waals surface area contributed by atoms with E-state index in [9.17, 15) is 4.79 Å². The summed E-state index contributed by atoms with van der Waals surface area (Å²) in [5.74, 6) is -0.855. The van der Waals surface area contributed by atoms with E-state index >= 15 is 0 Å². The Balaban J connectivity index is 3.21. The van der Waals surface area contributed by atoms with Gasteiger partial charge in [0.25, 0.3) is 0 Å². The van der Waals surface area contributed by atoms with Crippen LogP contribution >= 0.6 is 0 Å². The number of aromatic nitrogens is 1. The molecule has 0 bridgehead atoms. The molecule has 1 rings (SSSR count). The molecule has 90 valence electrons. The van der Waals surface area contributed by atoms with E-state index in [-0.39, 0.29) is 5.76 Å². The molecule has 0 radical (unpaired) electrons. The van der Waals surface area contributed by atoms with Gasteiger partial charge in [0.1, 0.15) is 5.60 Å². The maximum absolute atomic E-state index is 10.9. The number of carboxylic acid groups (broad SMARTS) is 1. The van der Waals surface area contributed by atoms with Gasteiger partial charge in [-0.25, -0.2) is 9.78 Å². The molecule has 1 unspecified atom stereocenters. The molecule has 1 heterocycles. The fraction of sp³-hybridized carbons (Fsp3) is 0.636. The van der Waals surface area contributed by atoms with E-state index < -0.39 is 11.6 Å². The van der Waals surface area contributed by atoms with Crippen molar-refractivity contribution in [3.05, 3.63) is 17.3 Å². The molecule has 1 aromatic heterocycles. The summed E-state index contributed by atoms with van der Waals surface area (Å²) in [7, 11) is 1.56. The highest BCUT2D eigenvalue weighted by atomic mass is 16.5. The van der Waals surface area contributed by atoms with Gasteiger partial charge >= 0.3 is 5.97 Å². The van der Waals surface area contributed by atoms with Crippen LogP contribution in [0.1, 0.15) is 49.3 Å². The monoisotopic (exact) mass is 227 g/mol. The molecule has 1 aromatic rings. The second kappa shape index (κ2) is 4.65. The molecule has 0 aliphatic heterocycles. The Labute approximate surface area is 94.4 Å². The van der Waals surface area contributed by atoms with Crippen LogP contribution in [0, 0.1) is 0 Å². The van der Waals surface area contributed by atoms with Gasteiger partial charge in [-0.1, -0.05) is 13.8 Å². The van der Waals surface area contributed by atoms with E-state index in [0.29, 0.717) is 24.4 Å². The maximum atomic E-state index is 10.9. The lowest BCUT2D eigenvalue weighted by Gasteiger charge is -2.22. The van der Waals surface area contributed by atoms with Crippen LogP contribution in [0.2, 0.25) is 0 Å². The summed E-state index contributed by atoms with van der Waals surface area (Å²) in [6, 6.07) is 0. The standard InChI is InChI=1S/C11H17NO4/c1-5-7-8(9(13)14)16-10(12-7)11(3,6-2)15-4/h5-6H2,1-4H3,(H,13,14). The van der Waals surface area contributed by atoms with E-state index in [2.05, 4.69) is 4.98 Å². The number of rotatable bonds is 5. The van der Waals surface area contributed by atoms with E-state index in [1.54, 1.807) is 7.11 Å². The minimum atomic E-state index is -1.09. The third-order valence-corrected chi connectivity index (χ3v) is 2.80. The third kappa shape index (κ3) is 2.09. The van der Waals surface area contributed by atoms with Crippen molar-refractivity contribution in [2.45, 2.75) is 39.2 Å². The largest absolute Gasteiger partial charge is 0.475 e. The lowest BCUT2D eigenvalue weighted by Crippen LogP contribution is -2.23. The van der Waals surface area contributed by atoms with Gasteiger partial charge in [-0.2, -0.15) is 0 Å². The number of methoxy groups -OCH3 is 1. The smallest absolute Gasteiger partial charge is 0.373 e. The van der Waals surface area contributed by atoms with E-state index in [1.807, 2.05) is 20.8 Å². The first-order chi connectivity index (χ1) is 7.48. The number of ether oxygens (including phenoxy) is 1. The minimum absolute atomic E-state index is 0.0887. The zero-order chi connectivity index (χ0) is 12.3. The Morgan fingerprint density at radius 2 is 2.19 bits per heavy atom. The summed E-state index contributed by atoms with van der Waals surface area (Å²) < 4.78 is 10.6. The average molecular weight is 227 g/mol. The van der Waals surface area contributed by atoms with E-state index in [0.717, 1.165) is 0 Å². The molecular weight excluding hydrogens is 210 g/mol. The van der Waals surface area contributed by atoms with Crippen LogP contribution < -0.4 is 0 Å². The number of hydrogen-bond donors (Lipinski definition) is 1. The normalized spacial score (nSPS) is 14.8. The van der Waals surface area contributed by atoms with Gasteiger partial charge in [0.05, 0.1) is 5.69 Å². The number of nitrogens with zero attached hydrogens (tertiary/aromatic N) is 1. The molecule has 0 aliphatic rings. The lowest BCUT2D eigenvalue weighted by atomic mass is 10.0. The molecule has 1 N–H and O–H groups in total. The average Bonchev–Trinajstić information content (AvgIpc) is 2.72. The summed E-state index contributed by atoms with van der Waals surface area (Å²) >= 11 is 0. The second-order valence-corrected chi connectivity index (χ2v) is 3.74. The lowest BCUT2D eigenvalue weighted by molar-refractivity contribution is -0.0242. The second-order valence-electron chi connectivity index (χ2n) is 3.74. The van der Waals surface area contributed by atoms with E-state index in [1.165, 1.54) is 0 Å². The molecule has 5 heteroatoms. The van der Waals surface area contributed by atoms with Crippen LogP contribution in [0.3, 0.4) is 0 Å². The van der Waals surface area contributed by atoms with E-state index in [4.69, 9.17) is 14.3 Å². The zero-order valence-electron chi connectivity index (χ0n) is 10.0. The predicted octanol–water partition coefficient (Wildman–Crippen LogP) is 2.21. The Morgan fingerprint density at radius 3 is 2.50 bits per heavy atom. The Kier molecular flexibility index (Phi) is 3.70. The number of oxazole rings is 1. The first kappa shape index (κ1) is 12.7. The topological polar surface area (TPSA) is 72.6 Å². The van der Waals surface area contributed by atoms with Crippen molar-refractivity contribution >= 4 is 5.97 Å². The minimum Gasteiger partial charge on any atom is -0.475 e. The van der Waals surface area contributed by atoms with Crippen LogP contribution in [0.25, 0.3) is 0 Å². The molecule has 0 aliphatic carbocycles. The maximum Gasteiger partial charge on any atom is 0.373 e. The Hall–Kier alpha value is -1.36. The van der Waals surface area contributed by atoms with Gasteiger partial charge in [-0.3, -0.25) is 0 Å². The van der Waals surface area contributed by atoms with Gasteiger partial charge in [0.2, 0.25) is 11.7 Å². The van der Waals surface area contributed by atoms with Gasteiger partial charge < -0.3 is 14.3 Å². The fourth-order valence-corrected chi connectivity index (χ4v) is 1.37. The van der Waals surface area contributed by atoms with Gasteiger partial charge in [-0.15, -0.1) is 0 Å². The van der Waals surface area contributed by atoms with Crippen molar-refractivity contribution in [3.63, 3.8) is 0 Å². The highest BCUT2D eigenvalue weighted by molar-refractivity contribution is 5.85. The van der Waals surface area contributed by atoms with Crippen LogP contribution in [-0.4, -0.2) is 23.2 Å². The highest BCUT2D eigenvalue weighted by Crippen LogP contribution is 2.29. The number of aromatic carboxylic acids is 1. The van der Waals surface area contributed by atoms with Gasteiger partial charge in [-0.05, 0) is 19.8 Å². The van der Waals surface area contributed by atoms with Crippen LogP contribution in [0.15, 0.2) is 4.42 Å². The van der Waals surface area contributed by atoms with Crippen molar-refractivity contribution < 1.29 is 19.1 Å². The van der Waals surface area contributed by atoms with Crippen molar-refractivity contribution in [1.29, 1.82) is 0 Å². The molecule has 5 nitrogen and oxygen atoms in total. The highest BCUT2D eigenvalue weighted by Gasteiger charge is 2.32. The molecule has 0 saturated heterocycles. The number of carbonyl (C=O) groups is 1. The number of carboxylic acids is 1. The van der Waals surface area contributed by atoms with Crippen LogP contribution in [0.4, 0.5) is 0 Å². The fourth-order valence-electron chi connectivity index (χ4n) is 1.37. The van der Waals surface area contributed by atoms with Crippen molar-refractivity contribution in [2.75, 3.05) is 7.11 Å². The predicted molar refractivity (Wildman–Crippen MR) is 57.5 cm³/mol. The molecule has 0 spiro atoms. The number of hydrogen-bond acceptors (Lipinski definition) is 4. The summed E-state index contributed by atoms with van der Waals surface area (Å²) in [4.78, 5) is 15.1. The summed E-state index contributed by atoms with van der Waals surface area (Å²) in [5, 5.41) is 8.95. The van der Waals surface area contributed by atoms with Gasteiger partial charge in [0.15, 0.2) is 0 Å². The first-order valence-electron chi connectivity index (χ1n) is 5.27. The Bertz CT molecular complexity index is 379. The zero-order valence-corrected chi connectivity index (χ0v) is 10.0. The summed E-state index contributed by atoms with van der Waals surface area (Å²) in [5.41, 5.74) is -0.211. The number of aryl methyl sites for hydroxylation is 1. The summed E-state index contributed by atoms with van der Waals surface area (Å²) in [6.45, 7) is 5.59. The molecular formula is C11H17NO4. The molecule has 16 heavy (non-hydrogen) atoms. The van der Waals surface area contributed by atoms with Crippen molar-refractivity contribution in [2.24, 2.45) is 0 Å². The summed E-state index contributed by atoms with van der Waals surface area (Å²) in [6.07, 6.45) is 1.18. The Morgan fingerprint density at radius 1 is 1.56 bits per heavy atom. The quantitative estimate of drug-likeness (QED) is 0.834. The molecule has 0 aromatic carbocycles. The molecule has 0 fully saturated rings. The van der Waals surface area contributed by atoms with Gasteiger partial charge in [0, 0.05) is 7.11 Å². The molecule has 1 atom stereocenters. The van der Waals surface area contributed by atoms with Crippen molar-refractivity contribution in [1.82, 2.24) is 4.98 Å². The van der Waals surface area contributed by atoms with Crippen LogP contribution in [0.5, 0.6) is 0 Å².